The van der Waals surface area contributed by atoms with Gasteiger partial charge in [0.1, 0.15) is 5.75 Å². The molecular weight excluding hydrogens is 235 g/mol. The summed E-state index contributed by atoms with van der Waals surface area (Å²) >= 11 is 0. The van der Waals surface area contributed by atoms with Crippen molar-refractivity contribution in [1.82, 2.24) is 0 Å². The van der Waals surface area contributed by atoms with Gasteiger partial charge in [0.25, 0.3) is 0 Å². The van der Waals surface area contributed by atoms with Crippen LogP contribution in [0.25, 0.3) is 0 Å². The molecule has 94 valence electrons. The molecule has 0 aliphatic heterocycles. The molecule has 0 aliphatic rings. The molecule has 4 heteroatoms. The molecule has 2 N–H and O–H groups in total. The first-order valence-corrected chi connectivity index (χ1v) is 5.50. The molecule has 0 heterocycles. The second kappa shape index (κ2) is 5.62. The summed E-state index contributed by atoms with van der Waals surface area (Å²) in [5, 5.41) is 17.9. The molecule has 0 saturated carbocycles. The largest absolute Gasteiger partial charge is 0.454 e. The normalized spacial score (nSPS) is 10.4. The standard InChI is InChI=1S/C14H13FO3/c15-13-7-11(9-17)4-5-14(13)18-12-3-1-2-10(6-12)8-16/h1-7,16-17H,8-9H2. The van der Waals surface area contributed by atoms with E-state index in [4.69, 9.17) is 14.9 Å². The molecule has 0 aromatic heterocycles. The Morgan fingerprint density at radius 1 is 0.944 bits per heavy atom. The smallest absolute Gasteiger partial charge is 0.166 e. The summed E-state index contributed by atoms with van der Waals surface area (Å²) in [5.41, 5.74) is 1.18. The zero-order chi connectivity index (χ0) is 13.0. The van der Waals surface area contributed by atoms with Gasteiger partial charge >= 0.3 is 0 Å². The summed E-state index contributed by atoms with van der Waals surface area (Å²) in [4.78, 5) is 0. The minimum absolute atomic E-state index is 0.0855. The Labute approximate surface area is 104 Å². The van der Waals surface area contributed by atoms with Crippen molar-refractivity contribution in [1.29, 1.82) is 0 Å². The average Bonchev–Trinajstić information content (AvgIpc) is 2.41. The Morgan fingerprint density at radius 2 is 1.67 bits per heavy atom. The maximum Gasteiger partial charge on any atom is 0.166 e. The average molecular weight is 248 g/mol. The SMILES string of the molecule is OCc1cccc(Oc2ccc(CO)cc2F)c1. The third kappa shape index (κ3) is 2.85. The maximum atomic E-state index is 13.6. The van der Waals surface area contributed by atoms with Crippen molar-refractivity contribution >= 4 is 0 Å². The van der Waals surface area contributed by atoms with E-state index in [9.17, 15) is 4.39 Å². The van der Waals surface area contributed by atoms with Crippen LogP contribution in [0, 0.1) is 5.82 Å². The summed E-state index contributed by atoms with van der Waals surface area (Å²) in [6.45, 7) is -0.305. The van der Waals surface area contributed by atoms with Gasteiger partial charge in [-0.15, -0.1) is 0 Å². The lowest BCUT2D eigenvalue weighted by molar-refractivity contribution is 0.280. The van der Waals surface area contributed by atoms with Gasteiger partial charge in [0.2, 0.25) is 0 Å². The second-order valence-corrected chi connectivity index (χ2v) is 3.83. The van der Waals surface area contributed by atoms with E-state index in [0.29, 0.717) is 16.9 Å². The molecule has 2 aromatic carbocycles. The number of ether oxygens (including phenoxy) is 1. The van der Waals surface area contributed by atoms with Crippen LogP contribution in [0.1, 0.15) is 11.1 Å². The lowest BCUT2D eigenvalue weighted by Gasteiger charge is -2.08. The van der Waals surface area contributed by atoms with Crippen LogP contribution in [0.15, 0.2) is 42.5 Å². The topological polar surface area (TPSA) is 49.7 Å². The van der Waals surface area contributed by atoms with Gasteiger partial charge in [0.15, 0.2) is 11.6 Å². The van der Waals surface area contributed by atoms with Crippen LogP contribution in [0.3, 0.4) is 0 Å². The molecule has 0 bridgehead atoms. The summed E-state index contributed by atoms with van der Waals surface area (Å²) in [7, 11) is 0. The summed E-state index contributed by atoms with van der Waals surface area (Å²) in [6, 6.07) is 11.1. The maximum absolute atomic E-state index is 13.6. The third-order valence-electron chi connectivity index (χ3n) is 2.49. The van der Waals surface area contributed by atoms with Gasteiger partial charge in [-0.3, -0.25) is 0 Å². The first-order valence-electron chi connectivity index (χ1n) is 5.50. The van der Waals surface area contributed by atoms with E-state index >= 15 is 0 Å². The van der Waals surface area contributed by atoms with Crippen LogP contribution < -0.4 is 4.74 Å². The summed E-state index contributed by atoms with van der Waals surface area (Å²) in [5.74, 6) is 0.00967. The molecule has 0 fully saturated rings. The third-order valence-corrected chi connectivity index (χ3v) is 2.49. The van der Waals surface area contributed by atoms with Gasteiger partial charge < -0.3 is 14.9 Å². The van der Waals surface area contributed by atoms with E-state index in [2.05, 4.69) is 0 Å². The molecule has 18 heavy (non-hydrogen) atoms. The van der Waals surface area contributed by atoms with Crippen molar-refractivity contribution in [2.45, 2.75) is 13.2 Å². The van der Waals surface area contributed by atoms with Gasteiger partial charge in [-0.1, -0.05) is 18.2 Å². The highest BCUT2D eigenvalue weighted by molar-refractivity contribution is 5.36. The van der Waals surface area contributed by atoms with E-state index in [-0.39, 0.29) is 19.0 Å². The van der Waals surface area contributed by atoms with Crippen molar-refractivity contribution in [2.24, 2.45) is 0 Å². The molecule has 0 saturated heterocycles. The van der Waals surface area contributed by atoms with Crippen LogP contribution in [0.5, 0.6) is 11.5 Å². The predicted octanol–water partition coefficient (Wildman–Crippen LogP) is 2.60. The monoisotopic (exact) mass is 248 g/mol. The number of halogens is 1. The molecule has 2 aromatic rings. The Morgan fingerprint density at radius 3 is 2.33 bits per heavy atom. The minimum atomic E-state index is -0.532. The fraction of sp³-hybridized carbons (Fsp3) is 0.143. The van der Waals surface area contributed by atoms with E-state index in [0.717, 1.165) is 0 Å². The van der Waals surface area contributed by atoms with E-state index in [1.54, 1.807) is 30.3 Å². The van der Waals surface area contributed by atoms with Gasteiger partial charge in [0, 0.05) is 0 Å². The molecular formula is C14H13FO3. The van der Waals surface area contributed by atoms with E-state index in [1.807, 2.05) is 0 Å². The highest BCUT2D eigenvalue weighted by atomic mass is 19.1. The fourth-order valence-corrected chi connectivity index (χ4v) is 1.56. The van der Waals surface area contributed by atoms with Gasteiger partial charge in [0.05, 0.1) is 13.2 Å². The summed E-state index contributed by atoms with van der Waals surface area (Å²) < 4.78 is 19.0. The number of aliphatic hydroxyl groups excluding tert-OH is 2. The number of hydrogen-bond donors (Lipinski definition) is 2. The number of hydrogen-bond acceptors (Lipinski definition) is 3. The van der Waals surface area contributed by atoms with Crippen molar-refractivity contribution < 1.29 is 19.3 Å². The first kappa shape index (κ1) is 12.5. The van der Waals surface area contributed by atoms with Gasteiger partial charge in [-0.2, -0.15) is 0 Å². The lowest BCUT2D eigenvalue weighted by Crippen LogP contribution is -1.92. The fourth-order valence-electron chi connectivity index (χ4n) is 1.56. The van der Waals surface area contributed by atoms with Crippen LogP contribution in [-0.4, -0.2) is 10.2 Å². The summed E-state index contributed by atoms with van der Waals surface area (Å²) in [6.07, 6.45) is 0. The Kier molecular flexibility index (Phi) is 3.92. The van der Waals surface area contributed by atoms with E-state index < -0.39 is 5.82 Å². The number of rotatable bonds is 4. The van der Waals surface area contributed by atoms with Gasteiger partial charge in [-0.05, 0) is 35.4 Å². The molecule has 0 aliphatic carbocycles. The Balaban J connectivity index is 2.22. The molecule has 0 spiro atoms. The Hall–Kier alpha value is -1.91. The highest BCUT2D eigenvalue weighted by Crippen LogP contribution is 2.25. The quantitative estimate of drug-likeness (QED) is 0.874. The first-order chi connectivity index (χ1) is 8.72. The number of benzene rings is 2. The molecule has 0 amide bonds. The molecule has 3 nitrogen and oxygen atoms in total. The van der Waals surface area contributed by atoms with Crippen molar-refractivity contribution in [3.05, 3.63) is 59.4 Å². The molecule has 0 atom stereocenters. The molecule has 2 rings (SSSR count). The van der Waals surface area contributed by atoms with Gasteiger partial charge in [-0.25, -0.2) is 4.39 Å². The van der Waals surface area contributed by atoms with E-state index in [1.165, 1.54) is 12.1 Å². The minimum Gasteiger partial charge on any atom is -0.454 e. The Bertz CT molecular complexity index is 540. The predicted molar refractivity (Wildman–Crippen MR) is 64.8 cm³/mol. The van der Waals surface area contributed by atoms with Crippen LogP contribution in [0.4, 0.5) is 4.39 Å². The van der Waals surface area contributed by atoms with Crippen molar-refractivity contribution in [3.63, 3.8) is 0 Å². The zero-order valence-corrected chi connectivity index (χ0v) is 9.64. The highest BCUT2D eigenvalue weighted by Gasteiger charge is 2.06. The van der Waals surface area contributed by atoms with Crippen LogP contribution in [-0.2, 0) is 13.2 Å². The van der Waals surface area contributed by atoms with Crippen LogP contribution in [0.2, 0.25) is 0 Å². The lowest BCUT2D eigenvalue weighted by atomic mass is 10.2. The van der Waals surface area contributed by atoms with Crippen LogP contribution >= 0.6 is 0 Å². The van der Waals surface area contributed by atoms with Crippen molar-refractivity contribution in [3.8, 4) is 11.5 Å². The molecule has 0 unspecified atom stereocenters. The second-order valence-electron chi connectivity index (χ2n) is 3.83. The van der Waals surface area contributed by atoms with Crippen molar-refractivity contribution in [2.75, 3.05) is 0 Å². The zero-order valence-electron chi connectivity index (χ0n) is 9.64. The molecule has 0 radical (unpaired) electrons. The number of aliphatic hydroxyl groups is 2.